The van der Waals surface area contributed by atoms with E-state index in [1.54, 1.807) is 6.08 Å². The Kier molecular flexibility index (Phi) is 5.11. The summed E-state index contributed by atoms with van der Waals surface area (Å²) in [5, 5.41) is 2.62. The minimum atomic E-state index is 0.0666. The van der Waals surface area contributed by atoms with E-state index in [0.29, 0.717) is 0 Å². The number of rotatable bonds is 4. The number of quaternary nitrogens is 1. The van der Waals surface area contributed by atoms with E-state index < -0.39 is 0 Å². The third-order valence-electron chi connectivity index (χ3n) is 5.92. The first kappa shape index (κ1) is 18.7. The fourth-order valence-corrected chi connectivity index (χ4v) is 4.23. The lowest BCUT2D eigenvalue weighted by atomic mass is 10.0. The molecule has 0 radical (unpaired) electrons. The normalized spacial score (nSPS) is 16.5. The van der Waals surface area contributed by atoms with Crippen molar-refractivity contribution in [1.29, 1.82) is 0 Å². The van der Waals surface area contributed by atoms with Crippen molar-refractivity contribution in [3.05, 3.63) is 77.9 Å². The summed E-state index contributed by atoms with van der Waals surface area (Å²) in [6.45, 7) is 4.75. The number of amides is 1. The van der Waals surface area contributed by atoms with Crippen LogP contribution in [-0.4, -0.2) is 43.8 Å². The molecule has 1 saturated heterocycles. The van der Waals surface area contributed by atoms with Crippen LogP contribution >= 0.6 is 0 Å². The molecule has 0 atom stereocenters. The predicted molar refractivity (Wildman–Crippen MR) is 117 cm³/mol. The summed E-state index contributed by atoms with van der Waals surface area (Å²) in [5.41, 5.74) is 2.32. The average molecular weight is 401 g/mol. The Morgan fingerprint density at radius 2 is 1.77 bits per heavy atom. The van der Waals surface area contributed by atoms with Gasteiger partial charge in [-0.3, -0.25) is 4.79 Å². The predicted octanol–water partition coefficient (Wildman–Crippen LogP) is 2.51. The molecule has 0 unspecified atom stereocenters. The second-order valence-corrected chi connectivity index (χ2v) is 7.84. The maximum Gasteiger partial charge on any atom is 0.246 e. The largest absolute Gasteiger partial charge is 0.454 e. The highest BCUT2D eigenvalue weighted by Gasteiger charge is 2.23. The third kappa shape index (κ3) is 3.89. The molecular weight excluding hydrogens is 376 g/mol. The molecule has 5 heteroatoms. The van der Waals surface area contributed by atoms with Gasteiger partial charge in [-0.2, -0.15) is 0 Å². The zero-order chi connectivity index (χ0) is 20.3. The lowest BCUT2D eigenvalue weighted by Crippen LogP contribution is -3.13. The molecule has 0 bridgehead atoms. The molecule has 3 aromatic carbocycles. The van der Waals surface area contributed by atoms with Gasteiger partial charge in [-0.15, -0.1) is 0 Å². The van der Waals surface area contributed by atoms with E-state index in [1.807, 2.05) is 29.2 Å². The molecule has 5 rings (SSSR count). The van der Waals surface area contributed by atoms with E-state index in [2.05, 4.69) is 42.5 Å². The van der Waals surface area contributed by atoms with Crippen LogP contribution in [0.2, 0.25) is 0 Å². The lowest BCUT2D eigenvalue weighted by Gasteiger charge is -2.32. The number of piperazine rings is 1. The first-order valence-corrected chi connectivity index (χ1v) is 10.4. The van der Waals surface area contributed by atoms with Crippen LogP contribution in [0.5, 0.6) is 11.5 Å². The molecular formula is C25H25N2O3+. The SMILES string of the molecule is O=C(/C=C/c1ccc2c(c1)OCO2)N1CC[NH+](Cc2cccc3ccccc23)CC1. The highest BCUT2D eigenvalue weighted by atomic mass is 16.7. The van der Waals surface area contributed by atoms with Crippen molar-refractivity contribution in [2.24, 2.45) is 0 Å². The summed E-state index contributed by atoms with van der Waals surface area (Å²) in [6, 6.07) is 20.8. The fraction of sp³-hybridized carbons (Fsp3) is 0.240. The second-order valence-electron chi connectivity index (χ2n) is 7.84. The molecule has 5 nitrogen and oxygen atoms in total. The summed E-state index contributed by atoms with van der Waals surface area (Å²) in [6.07, 6.45) is 3.51. The molecule has 0 saturated carbocycles. The maximum absolute atomic E-state index is 12.6. The summed E-state index contributed by atoms with van der Waals surface area (Å²) >= 11 is 0. The van der Waals surface area contributed by atoms with Gasteiger partial charge in [-0.1, -0.05) is 48.5 Å². The monoisotopic (exact) mass is 401 g/mol. The molecule has 1 amide bonds. The number of carbonyl (C=O) groups is 1. The van der Waals surface area contributed by atoms with Crippen molar-refractivity contribution in [3.63, 3.8) is 0 Å². The number of hydrogen-bond acceptors (Lipinski definition) is 3. The van der Waals surface area contributed by atoms with E-state index in [-0.39, 0.29) is 12.7 Å². The van der Waals surface area contributed by atoms with E-state index in [9.17, 15) is 4.79 Å². The van der Waals surface area contributed by atoms with Gasteiger partial charge in [0, 0.05) is 11.6 Å². The van der Waals surface area contributed by atoms with Crippen LogP contribution < -0.4 is 14.4 Å². The standard InChI is InChI=1S/C25H24N2O3/c28-25(11-9-19-8-10-23-24(16-19)30-18-29-23)27-14-12-26(13-15-27)17-21-6-3-5-20-4-1-2-7-22(20)21/h1-11,16H,12-15,17-18H2/p+1/b11-9+. The van der Waals surface area contributed by atoms with E-state index in [1.165, 1.54) is 21.2 Å². The summed E-state index contributed by atoms with van der Waals surface area (Å²) in [5.74, 6) is 1.55. The van der Waals surface area contributed by atoms with Gasteiger partial charge in [0.2, 0.25) is 12.7 Å². The molecule has 2 aliphatic heterocycles. The van der Waals surface area contributed by atoms with Gasteiger partial charge in [0.05, 0.1) is 26.2 Å². The Bertz CT molecular complexity index is 1100. The molecule has 2 aliphatic rings. The van der Waals surface area contributed by atoms with Crippen LogP contribution in [0.4, 0.5) is 0 Å². The number of benzene rings is 3. The molecule has 0 spiro atoms. The number of hydrogen-bond donors (Lipinski definition) is 1. The van der Waals surface area contributed by atoms with Crippen LogP contribution in [-0.2, 0) is 11.3 Å². The van der Waals surface area contributed by atoms with Crippen molar-refractivity contribution in [2.45, 2.75) is 6.54 Å². The third-order valence-corrected chi connectivity index (χ3v) is 5.92. The number of fused-ring (bicyclic) bond motifs is 2. The molecule has 1 N–H and O–H groups in total. The van der Waals surface area contributed by atoms with Crippen LogP contribution in [0.15, 0.2) is 66.7 Å². The number of nitrogens with zero attached hydrogens (tertiary/aromatic N) is 1. The van der Waals surface area contributed by atoms with Gasteiger partial charge in [0.15, 0.2) is 11.5 Å². The topological polar surface area (TPSA) is 43.2 Å². The first-order chi connectivity index (χ1) is 14.8. The number of ether oxygens (including phenoxy) is 2. The summed E-state index contributed by atoms with van der Waals surface area (Å²) in [4.78, 5) is 16.1. The molecule has 3 aromatic rings. The first-order valence-electron chi connectivity index (χ1n) is 10.4. The van der Waals surface area contributed by atoms with Gasteiger partial charge in [0.25, 0.3) is 0 Å². The minimum absolute atomic E-state index is 0.0666. The van der Waals surface area contributed by atoms with Gasteiger partial charge >= 0.3 is 0 Å². The number of nitrogens with one attached hydrogen (secondary N) is 1. The van der Waals surface area contributed by atoms with Crippen molar-refractivity contribution in [1.82, 2.24) is 4.90 Å². The quantitative estimate of drug-likeness (QED) is 0.684. The van der Waals surface area contributed by atoms with Gasteiger partial charge in [0.1, 0.15) is 6.54 Å². The van der Waals surface area contributed by atoms with Crippen LogP contribution in [0.1, 0.15) is 11.1 Å². The Balaban J connectivity index is 1.18. The van der Waals surface area contributed by atoms with Crippen LogP contribution in [0.25, 0.3) is 16.8 Å². The Morgan fingerprint density at radius 3 is 2.67 bits per heavy atom. The van der Waals surface area contributed by atoms with E-state index in [4.69, 9.17) is 9.47 Å². The lowest BCUT2D eigenvalue weighted by molar-refractivity contribution is -0.917. The van der Waals surface area contributed by atoms with Gasteiger partial charge in [-0.05, 0) is 34.5 Å². The highest BCUT2D eigenvalue weighted by Crippen LogP contribution is 2.32. The second kappa shape index (κ2) is 8.20. The van der Waals surface area contributed by atoms with Crippen molar-refractivity contribution in [2.75, 3.05) is 33.0 Å². The van der Waals surface area contributed by atoms with Crippen molar-refractivity contribution >= 4 is 22.8 Å². The van der Waals surface area contributed by atoms with Crippen molar-refractivity contribution < 1.29 is 19.2 Å². The highest BCUT2D eigenvalue weighted by molar-refractivity contribution is 5.92. The maximum atomic E-state index is 12.6. The average Bonchev–Trinajstić information content (AvgIpc) is 3.26. The molecule has 152 valence electrons. The smallest absolute Gasteiger partial charge is 0.246 e. The molecule has 1 fully saturated rings. The minimum Gasteiger partial charge on any atom is -0.454 e. The van der Waals surface area contributed by atoms with Crippen LogP contribution in [0.3, 0.4) is 0 Å². The Hall–Kier alpha value is -3.31. The Labute approximate surface area is 176 Å². The van der Waals surface area contributed by atoms with E-state index in [0.717, 1.165) is 49.8 Å². The van der Waals surface area contributed by atoms with Crippen LogP contribution in [0, 0.1) is 0 Å². The summed E-state index contributed by atoms with van der Waals surface area (Å²) < 4.78 is 10.7. The zero-order valence-corrected chi connectivity index (χ0v) is 16.8. The molecule has 30 heavy (non-hydrogen) atoms. The van der Waals surface area contributed by atoms with E-state index >= 15 is 0 Å². The molecule has 2 heterocycles. The molecule has 0 aliphatic carbocycles. The Morgan fingerprint density at radius 1 is 0.967 bits per heavy atom. The van der Waals surface area contributed by atoms with Gasteiger partial charge in [-0.25, -0.2) is 0 Å². The summed E-state index contributed by atoms with van der Waals surface area (Å²) in [7, 11) is 0. The van der Waals surface area contributed by atoms with Crippen molar-refractivity contribution in [3.8, 4) is 11.5 Å². The number of carbonyl (C=O) groups excluding carboxylic acids is 1. The zero-order valence-electron chi connectivity index (χ0n) is 16.8. The fourth-order valence-electron chi connectivity index (χ4n) is 4.23. The van der Waals surface area contributed by atoms with Gasteiger partial charge < -0.3 is 19.3 Å². The molecule has 0 aromatic heterocycles.